The van der Waals surface area contributed by atoms with Gasteiger partial charge in [-0.3, -0.25) is 4.79 Å². The minimum atomic E-state index is -0.176. The maximum Gasteiger partial charge on any atom is 0.225 e. The number of amides is 1. The first kappa shape index (κ1) is 30.0. The van der Waals surface area contributed by atoms with Crippen LogP contribution in [0.25, 0.3) is 22.4 Å². The van der Waals surface area contributed by atoms with Crippen LogP contribution in [0.1, 0.15) is 40.8 Å². The van der Waals surface area contributed by atoms with E-state index in [1.54, 1.807) is 21.3 Å². The molecule has 0 saturated carbocycles. The molecule has 4 aromatic rings. The summed E-state index contributed by atoms with van der Waals surface area (Å²) >= 11 is 2.86. The third kappa shape index (κ3) is 6.31. The van der Waals surface area contributed by atoms with E-state index >= 15 is 0 Å². The Balaban J connectivity index is 1.45. The highest BCUT2D eigenvalue weighted by Gasteiger charge is 2.23. The molecule has 2 aromatic carbocycles. The Morgan fingerprint density at radius 3 is 2.30 bits per heavy atom. The summed E-state index contributed by atoms with van der Waals surface area (Å²) in [5, 5.41) is 24.2. The molecule has 0 unspecified atom stereocenters. The molecule has 10 heteroatoms. The first-order valence-electron chi connectivity index (χ1n) is 13.8. The number of pyridine rings is 1. The summed E-state index contributed by atoms with van der Waals surface area (Å²) in [5.41, 5.74) is 5.02. The van der Waals surface area contributed by atoms with Crippen molar-refractivity contribution in [3.63, 3.8) is 0 Å². The van der Waals surface area contributed by atoms with Gasteiger partial charge in [-0.1, -0.05) is 30.3 Å². The summed E-state index contributed by atoms with van der Waals surface area (Å²) in [5.74, 6) is 1.61. The second-order valence-corrected chi connectivity index (χ2v) is 12.0. The molecule has 2 aromatic heterocycles. The number of benzene rings is 2. The molecule has 43 heavy (non-hydrogen) atoms. The van der Waals surface area contributed by atoms with E-state index in [1.807, 2.05) is 48.5 Å². The van der Waals surface area contributed by atoms with E-state index in [0.29, 0.717) is 61.0 Å². The second-order valence-electron chi connectivity index (χ2n) is 9.80. The number of hydrogen-bond acceptors (Lipinski definition) is 9. The van der Waals surface area contributed by atoms with Crippen molar-refractivity contribution in [3.05, 3.63) is 70.1 Å². The molecule has 0 aliphatic heterocycles. The summed E-state index contributed by atoms with van der Waals surface area (Å²) in [4.78, 5) is 19.0. The van der Waals surface area contributed by atoms with Crippen LogP contribution in [0, 0.1) is 22.7 Å². The minimum Gasteiger partial charge on any atom is -0.493 e. The van der Waals surface area contributed by atoms with Crippen molar-refractivity contribution in [1.29, 1.82) is 10.5 Å². The lowest BCUT2D eigenvalue weighted by Crippen LogP contribution is -2.12. The molecule has 0 bridgehead atoms. The van der Waals surface area contributed by atoms with E-state index < -0.39 is 0 Å². The van der Waals surface area contributed by atoms with Crippen LogP contribution in [0.5, 0.6) is 17.2 Å². The first-order valence-corrected chi connectivity index (χ1v) is 15.6. The van der Waals surface area contributed by atoms with Gasteiger partial charge in [0.2, 0.25) is 11.7 Å². The number of carbonyl (C=O) groups excluding carboxylic acids is 1. The Morgan fingerprint density at radius 1 is 0.953 bits per heavy atom. The molecule has 0 spiro atoms. The molecule has 1 N–H and O–H groups in total. The number of fused-ring (bicyclic) bond motifs is 1. The Hall–Kier alpha value is -4.51. The highest BCUT2D eigenvalue weighted by molar-refractivity contribution is 7.99. The quantitative estimate of drug-likeness (QED) is 0.187. The summed E-state index contributed by atoms with van der Waals surface area (Å²) < 4.78 is 16.6. The molecule has 1 aliphatic rings. The topological polar surface area (TPSA) is 117 Å². The van der Waals surface area contributed by atoms with Gasteiger partial charge in [0.05, 0.1) is 38.2 Å². The van der Waals surface area contributed by atoms with Gasteiger partial charge in [0.25, 0.3) is 0 Å². The normalized spacial score (nSPS) is 12.0. The van der Waals surface area contributed by atoms with Gasteiger partial charge in [-0.25, -0.2) is 4.98 Å². The average Bonchev–Trinajstić information content (AvgIpc) is 3.40. The van der Waals surface area contributed by atoms with Gasteiger partial charge in [-0.15, -0.1) is 23.1 Å². The van der Waals surface area contributed by atoms with Crippen molar-refractivity contribution in [2.24, 2.45) is 0 Å². The predicted molar refractivity (Wildman–Crippen MR) is 169 cm³/mol. The molecular weight excluding hydrogens is 581 g/mol. The fraction of sp³-hybridized carbons (Fsp3) is 0.273. The number of rotatable bonds is 10. The van der Waals surface area contributed by atoms with Gasteiger partial charge in [0.1, 0.15) is 22.2 Å². The fourth-order valence-corrected chi connectivity index (χ4v) is 7.36. The number of aryl methyl sites for hydroxylation is 1. The Kier molecular flexibility index (Phi) is 9.51. The predicted octanol–water partition coefficient (Wildman–Crippen LogP) is 7.25. The van der Waals surface area contributed by atoms with Crippen molar-refractivity contribution >= 4 is 34.0 Å². The Bertz CT molecular complexity index is 1710. The summed E-state index contributed by atoms with van der Waals surface area (Å²) in [6.07, 6.45) is 4.21. The van der Waals surface area contributed by atoms with Crippen LogP contribution in [0.15, 0.2) is 53.6 Å². The van der Waals surface area contributed by atoms with Gasteiger partial charge in [-0.2, -0.15) is 10.5 Å². The number of nitrogens with zero attached hydrogens (tertiary/aromatic N) is 3. The zero-order valence-corrected chi connectivity index (χ0v) is 25.8. The number of ether oxygens (including phenoxy) is 3. The van der Waals surface area contributed by atoms with E-state index in [4.69, 9.17) is 19.2 Å². The molecule has 1 aliphatic carbocycles. The number of nitrogens with one attached hydrogen (secondary N) is 1. The molecule has 0 atom stereocenters. The van der Waals surface area contributed by atoms with Crippen LogP contribution in [0.4, 0.5) is 5.00 Å². The van der Waals surface area contributed by atoms with Crippen LogP contribution in [-0.2, 0) is 17.6 Å². The van der Waals surface area contributed by atoms with Crippen molar-refractivity contribution < 1.29 is 19.0 Å². The van der Waals surface area contributed by atoms with E-state index in [-0.39, 0.29) is 12.3 Å². The monoisotopic (exact) mass is 610 g/mol. The van der Waals surface area contributed by atoms with E-state index in [0.717, 1.165) is 36.8 Å². The third-order valence-corrected chi connectivity index (χ3v) is 9.43. The lowest BCUT2D eigenvalue weighted by molar-refractivity contribution is -0.115. The smallest absolute Gasteiger partial charge is 0.225 e. The standard InChI is InChI=1S/C33H30N4O4S2/c1-39-27-15-21(16-28(40-2)31(27)41-3)23-17-26(20-9-5-4-6-10-20)36-32(25(23)19-35)42-14-13-30(38)37-33-24(18-34)22-11-7-8-12-29(22)43-33/h4-6,9-10,15-17H,7-8,11-14H2,1-3H3,(H,37,38). The first-order chi connectivity index (χ1) is 21.0. The molecule has 0 fully saturated rings. The number of methoxy groups -OCH3 is 3. The zero-order valence-electron chi connectivity index (χ0n) is 24.2. The maximum atomic E-state index is 13.0. The van der Waals surface area contributed by atoms with Gasteiger partial charge in [0, 0.05) is 28.2 Å². The molecule has 1 amide bonds. The SMILES string of the molecule is COc1cc(-c2cc(-c3ccccc3)nc(SCCC(=O)Nc3sc4c(c3C#N)CCCC4)c2C#N)cc(OC)c1OC. The summed E-state index contributed by atoms with van der Waals surface area (Å²) in [6.45, 7) is 0. The number of anilines is 1. The number of thioether (sulfide) groups is 1. The highest BCUT2D eigenvalue weighted by atomic mass is 32.2. The largest absolute Gasteiger partial charge is 0.493 e. The van der Waals surface area contributed by atoms with Crippen LogP contribution in [-0.4, -0.2) is 38.0 Å². The van der Waals surface area contributed by atoms with Crippen LogP contribution >= 0.6 is 23.1 Å². The van der Waals surface area contributed by atoms with E-state index in [1.165, 1.54) is 28.0 Å². The van der Waals surface area contributed by atoms with Gasteiger partial charge >= 0.3 is 0 Å². The Labute approximate surface area is 259 Å². The second kappa shape index (κ2) is 13.6. The van der Waals surface area contributed by atoms with Crippen LogP contribution in [0.2, 0.25) is 0 Å². The lowest BCUT2D eigenvalue weighted by Gasteiger charge is -2.16. The average molecular weight is 611 g/mol. The van der Waals surface area contributed by atoms with Gasteiger partial charge < -0.3 is 19.5 Å². The molecule has 5 rings (SSSR count). The number of hydrogen-bond donors (Lipinski definition) is 1. The van der Waals surface area contributed by atoms with Crippen molar-refractivity contribution in [1.82, 2.24) is 4.98 Å². The van der Waals surface area contributed by atoms with Crippen LogP contribution < -0.4 is 19.5 Å². The zero-order chi connectivity index (χ0) is 30.3. The van der Waals surface area contributed by atoms with Crippen molar-refractivity contribution in [2.45, 2.75) is 37.1 Å². The molecule has 2 heterocycles. The molecule has 218 valence electrons. The van der Waals surface area contributed by atoms with Crippen molar-refractivity contribution in [2.75, 3.05) is 32.4 Å². The molecule has 0 radical (unpaired) electrons. The molecule has 8 nitrogen and oxygen atoms in total. The highest BCUT2D eigenvalue weighted by Crippen LogP contribution is 2.44. The lowest BCUT2D eigenvalue weighted by atomic mass is 9.96. The fourth-order valence-electron chi connectivity index (χ4n) is 5.16. The third-order valence-electron chi connectivity index (χ3n) is 7.25. The van der Waals surface area contributed by atoms with Crippen molar-refractivity contribution in [3.8, 4) is 51.8 Å². The number of thiophene rings is 1. The van der Waals surface area contributed by atoms with Crippen LogP contribution in [0.3, 0.4) is 0 Å². The Morgan fingerprint density at radius 2 is 1.65 bits per heavy atom. The summed E-state index contributed by atoms with van der Waals surface area (Å²) in [6, 6.07) is 19.8. The van der Waals surface area contributed by atoms with E-state index in [2.05, 4.69) is 17.5 Å². The van der Waals surface area contributed by atoms with E-state index in [9.17, 15) is 15.3 Å². The van der Waals surface area contributed by atoms with Gasteiger partial charge in [0.15, 0.2) is 11.5 Å². The summed E-state index contributed by atoms with van der Waals surface area (Å²) in [7, 11) is 4.64. The number of aromatic nitrogens is 1. The number of nitriles is 2. The maximum absolute atomic E-state index is 13.0. The molecular formula is C33H30N4O4S2. The molecule has 0 saturated heterocycles. The minimum absolute atomic E-state index is 0.176. The number of carbonyl (C=O) groups is 1. The van der Waals surface area contributed by atoms with Gasteiger partial charge in [-0.05, 0) is 55.0 Å².